The summed E-state index contributed by atoms with van der Waals surface area (Å²) in [5.41, 5.74) is 1.87. The molecule has 0 aliphatic rings. The molecule has 1 N–H and O–H groups in total. The molecule has 0 aliphatic carbocycles. The van der Waals surface area contributed by atoms with E-state index in [1.165, 1.54) is 5.56 Å². The van der Waals surface area contributed by atoms with Gasteiger partial charge in [0, 0.05) is 22.0 Å². The van der Waals surface area contributed by atoms with Crippen LogP contribution in [0.15, 0.2) is 44.8 Å². The van der Waals surface area contributed by atoms with Gasteiger partial charge in [-0.25, -0.2) is 0 Å². The Balaban J connectivity index is 1.88. The lowest BCUT2D eigenvalue weighted by atomic mass is 10.2. The maximum Gasteiger partial charge on any atom is 0.252 e. The predicted molar refractivity (Wildman–Crippen MR) is 82.0 cm³/mol. The van der Waals surface area contributed by atoms with E-state index in [9.17, 15) is 4.79 Å². The molecule has 2 heterocycles. The number of rotatable bonds is 3. The minimum atomic E-state index is -0.160. The number of hydrogen-bond donors (Lipinski definition) is 1. The van der Waals surface area contributed by atoms with E-state index in [1.54, 1.807) is 17.8 Å². The van der Waals surface area contributed by atoms with E-state index < -0.39 is 0 Å². The number of benzene rings is 1. The molecule has 0 unspecified atom stereocenters. The van der Waals surface area contributed by atoms with Gasteiger partial charge >= 0.3 is 0 Å². The van der Waals surface area contributed by atoms with E-state index in [0.29, 0.717) is 5.78 Å². The number of H-pyrrole nitrogens is 1. The van der Waals surface area contributed by atoms with E-state index in [-0.39, 0.29) is 5.56 Å². The quantitative estimate of drug-likeness (QED) is 0.737. The lowest BCUT2D eigenvalue weighted by Gasteiger charge is -2.03. The summed E-state index contributed by atoms with van der Waals surface area (Å²) < 4.78 is 2.91. The molecular formula is C13H11BrN4OS. The predicted octanol–water partition coefficient (Wildman–Crippen LogP) is 2.78. The number of thioether (sulfide) groups is 1. The highest BCUT2D eigenvalue weighted by molar-refractivity contribution is 9.10. The van der Waals surface area contributed by atoms with Gasteiger partial charge in [0.1, 0.15) is 0 Å². The minimum absolute atomic E-state index is 0.160. The van der Waals surface area contributed by atoms with Crippen molar-refractivity contribution in [2.24, 2.45) is 0 Å². The van der Waals surface area contributed by atoms with Crippen LogP contribution < -0.4 is 5.56 Å². The Morgan fingerprint density at radius 2 is 2.05 bits per heavy atom. The Kier molecular flexibility index (Phi) is 3.62. The number of aromatic amines is 1. The second kappa shape index (κ2) is 5.41. The van der Waals surface area contributed by atoms with Crippen LogP contribution >= 0.6 is 27.7 Å². The van der Waals surface area contributed by atoms with Gasteiger partial charge in [-0.3, -0.25) is 14.2 Å². The standard InChI is InChI=1S/C13H11BrN4OS/c1-8-6-11(19)15-12-16-17-13(18(8)12)20-7-9-2-4-10(14)5-3-9/h2-6H,7H2,1H3,(H,15,16,19). The normalized spacial score (nSPS) is 11.1. The first-order chi connectivity index (χ1) is 9.63. The molecule has 0 saturated heterocycles. The van der Waals surface area contributed by atoms with Gasteiger partial charge in [0.15, 0.2) is 5.16 Å². The Hall–Kier alpha value is -1.60. The van der Waals surface area contributed by atoms with E-state index in [2.05, 4.69) is 43.2 Å². The summed E-state index contributed by atoms with van der Waals surface area (Å²) in [6, 6.07) is 9.70. The highest BCUT2D eigenvalue weighted by Gasteiger charge is 2.09. The van der Waals surface area contributed by atoms with Gasteiger partial charge in [-0.2, -0.15) is 0 Å². The first kappa shape index (κ1) is 13.4. The molecule has 1 aromatic carbocycles. The van der Waals surface area contributed by atoms with E-state index in [4.69, 9.17) is 0 Å². The van der Waals surface area contributed by atoms with Crippen molar-refractivity contribution < 1.29 is 0 Å². The molecule has 0 radical (unpaired) electrons. The Labute approximate surface area is 127 Å². The molecule has 3 aromatic rings. The van der Waals surface area contributed by atoms with E-state index in [1.807, 2.05) is 23.5 Å². The summed E-state index contributed by atoms with van der Waals surface area (Å²) in [7, 11) is 0. The zero-order valence-electron chi connectivity index (χ0n) is 10.6. The van der Waals surface area contributed by atoms with Crippen molar-refractivity contribution >= 4 is 33.5 Å². The summed E-state index contributed by atoms with van der Waals surface area (Å²) in [4.78, 5) is 14.0. The molecule has 0 fully saturated rings. The van der Waals surface area contributed by atoms with Crippen molar-refractivity contribution in [2.75, 3.05) is 0 Å². The van der Waals surface area contributed by atoms with Gasteiger partial charge in [0.25, 0.3) is 5.56 Å². The summed E-state index contributed by atoms with van der Waals surface area (Å²) in [5, 5.41) is 8.90. The van der Waals surface area contributed by atoms with Crippen molar-refractivity contribution in [1.82, 2.24) is 19.6 Å². The molecular weight excluding hydrogens is 340 g/mol. The SMILES string of the molecule is Cc1cc(=O)[nH]c2nnc(SCc3ccc(Br)cc3)n12. The third-order valence-electron chi connectivity index (χ3n) is 2.84. The van der Waals surface area contributed by atoms with Crippen LogP contribution in [0, 0.1) is 6.92 Å². The first-order valence-electron chi connectivity index (χ1n) is 5.96. The second-order valence-electron chi connectivity index (χ2n) is 4.33. The van der Waals surface area contributed by atoms with Crippen LogP contribution in [-0.2, 0) is 5.75 Å². The summed E-state index contributed by atoms with van der Waals surface area (Å²) >= 11 is 5.00. The molecule has 0 saturated carbocycles. The molecule has 7 heteroatoms. The molecule has 0 amide bonds. The van der Waals surface area contributed by atoms with Crippen molar-refractivity contribution in [3.05, 3.63) is 56.4 Å². The van der Waals surface area contributed by atoms with Gasteiger partial charge < -0.3 is 0 Å². The van der Waals surface area contributed by atoms with Crippen LogP contribution in [0.3, 0.4) is 0 Å². The molecule has 3 rings (SSSR count). The van der Waals surface area contributed by atoms with Crippen molar-refractivity contribution in [3.8, 4) is 0 Å². The Bertz CT molecular complexity index is 809. The number of aromatic nitrogens is 4. The second-order valence-corrected chi connectivity index (χ2v) is 6.19. The smallest absolute Gasteiger partial charge is 0.252 e. The lowest BCUT2D eigenvalue weighted by molar-refractivity contribution is 0.886. The maximum absolute atomic E-state index is 11.4. The maximum atomic E-state index is 11.4. The highest BCUT2D eigenvalue weighted by Crippen LogP contribution is 2.22. The van der Waals surface area contributed by atoms with Gasteiger partial charge in [-0.15, -0.1) is 10.2 Å². The van der Waals surface area contributed by atoms with E-state index >= 15 is 0 Å². The fourth-order valence-corrected chi connectivity index (χ4v) is 3.10. The fraction of sp³-hybridized carbons (Fsp3) is 0.154. The van der Waals surface area contributed by atoms with Crippen LogP contribution in [0.5, 0.6) is 0 Å². The van der Waals surface area contributed by atoms with Crippen molar-refractivity contribution in [2.45, 2.75) is 17.8 Å². The molecule has 0 atom stereocenters. The molecule has 2 aromatic heterocycles. The largest absolute Gasteiger partial charge is 0.291 e. The highest BCUT2D eigenvalue weighted by atomic mass is 79.9. The molecule has 102 valence electrons. The molecule has 0 spiro atoms. The number of aryl methyl sites for hydroxylation is 1. The Morgan fingerprint density at radius 3 is 2.80 bits per heavy atom. The van der Waals surface area contributed by atoms with Crippen molar-refractivity contribution in [3.63, 3.8) is 0 Å². The molecule has 5 nitrogen and oxygen atoms in total. The Morgan fingerprint density at radius 1 is 1.30 bits per heavy atom. The average molecular weight is 351 g/mol. The monoisotopic (exact) mass is 350 g/mol. The van der Waals surface area contributed by atoms with Gasteiger partial charge in [0.05, 0.1) is 0 Å². The minimum Gasteiger partial charge on any atom is -0.291 e. The average Bonchev–Trinajstić information content (AvgIpc) is 2.81. The number of nitrogens with zero attached hydrogens (tertiary/aromatic N) is 3. The summed E-state index contributed by atoms with van der Waals surface area (Å²) in [5.74, 6) is 1.28. The third kappa shape index (κ3) is 2.64. The van der Waals surface area contributed by atoms with Crippen LogP contribution in [0.25, 0.3) is 5.78 Å². The van der Waals surface area contributed by atoms with Crippen molar-refractivity contribution in [1.29, 1.82) is 0 Å². The number of halogens is 1. The number of nitrogens with one attached hydrogen (secondary N) is 1. The zero-order valence-corrected chi connectivity index (χ0v) is 13.0. The first-order valence-corrected chi connectivity index (χ1v) is 7.73. The summed E-state index contributed by atoms with van der Waals surface area (Å²) in [6.45, 7) is 1.87. The van der Waals surface area contributed by atoms with Crippen LogP contribution in [0.1, 0.15) is 11.3 Å². The zero-order chi connectivity index (χ0) is 14.1. The van der Waals surface area contributed by atoms with Crippen LogP contribution in [0.2, 0.25) is 0 Å². The molecule has 20 heavy (non-hydrogen) atoms. The summed E-state index contributed by atoms with van der Waals surface area (Å²) in [6.07, 6.45) is 0. The lowest BCUT2D eigenvalue weighted by Crippen LogP contribution is -2.09. The van der Waals surface area contributed by atoms with Crippen LogP contribution in [-0.4, -0.2) is 19.6 Å². The van der Waals surface area contributed by atoms with E-state index in [0.717, 1.165) is 21.1 Å². The topological polar surface area (TPSA) is 63.0 Å². The van der Waals surface area contributed by atoms with Gasteiger partial charge in [-0.1, -0.05) is 39.8 Å². The van der Waals surface area contributed by atoms with Gasteiger partial charge in [0.2, 0.25) is 5.78 Å². The fourth-order valence-electron chi connectivity index (χ4n) is 1.89. The molecule has 0 aliphatic heterocycles. The number of fused-ring (bicyclic) bond motifs is 1. The third-order valence-corrected chi connectivity index (χ3v) is 4.37. The van der Waals surface area contributed by atoms with Crippen LogP contribution in [0.4, 0.5) is 0 Å². The molecule has 0 bridgehead atoms. The van der Waals surface area contributed by atoms with Gasteiger partial charge in [-0.05, 0) is 24.6 Å². The number of hydrogen-bond acceptors (Lipinski definition) is 4.